The molecule has 0 bridgehead atoms. The largest absolute Gasteiger partial charge is 0.395 e. The Balaban J connectivity index is 2.64. The first-order chi connectivity index (χ1) is 7.45. The molecule has 0 aliphatic carbocycles. The van der Waals surface area contributed by atoms with Crippen LogP contribution in [0.1, 0.15) is 19.4 Å². The van der Waals surface area contributed by atoms with Crippen molar-refractivity contribution in [3.05, 3.63) is 35.0 Å². The molecule has 0 aliphatic heterocycles. The molecule has 16 heavy (non-hydrogen) atoms. The van der Waals surface area contributed by atoms with Gasteiger partial charge in [0.2, 0.25) is 0 Å². The summed E-state index contributed by atoms with van der Waals surface area (Å²) in [7, 11) is 1.98. The van der Waals surface area contributed by atoms with Crippen molar-refractivity contribution in [3.8, 4) is 0 Å². The summed E-state index contributed by atoms with van der Waals surface area (Å²) in [5.41, 5.74) is 1.99. The number of fused-ring (bicyclic) bond motifs is 1. The van der Waals surface area contributed by atoms with E-state index in [2.05, 4.69) is 12.1 Å². The molecule has 0 fully saturated rings. The standard InChI is InChI=1S/C13H16ClNO/c1-13(2,8-16)9-4-5-12-10(6-9)11(14)7-15(12)3/h4-7,16H,8H2,1-3H3. The lowest BCUT2D eigenvalue weighted by molar-refractivity contribution is 0.218. The van der Waals surface area contributed by atoms with Crippen LogP contribution in [0.5, 0.6) is 0 Å². The number of hydrogen-bond donors (Lipinski definition) is 1. The summed E-state index contributed by atoms with van der Waals surface area (Å²) in [6.45, 7) is 4.17. The monoisotopic (exact) mass is 237 g/mol. The number of aromatic nitrogens is 1. The molecular weight excluding hydrogens is 222 g/mol. The lowest BCUT2D eigenvalue weighted by atomic mass is 9.85. The summed E-state index contributed by atoms with van der Waals surface area (Å²) in [6.07, 6.45) is 1.90. The predicted molar refractivity (Wildman–Crippen MR) is 68.0 cm³/mol. The molecule has 1 aromatic carbocycles. The molecule has 0 aliphatic rings. The van der Waals surface area contributed by atoms with E-state index in [-0.39, 0.29) is 12.0 Å². The Kier molecular flexibility index (Phi) is 2.72. The van der Waals surface area contributed by atoms with Gasteiger partial charge >= 0.3 is 0 Å². The summed E-state index contributed by atoms with van der Waals surface area (Å²) in [6, 6.07) is 6.16. The molecule has 1 heterocycles. The van der Waals surface area contributed by atoms with Crippen molar-refractivity contribution in [1.82, 2.24) is 4.57 Å². The highest BCUT2D eigenvalue weighted by molar-refractivity contribution is 6.35. The highest BCUT2D eigenvalue weighted by Gasteiger charge is 2.20. The van der Waals surface area contributed by atoms with Gasteiger partial charge in [-0.2, -0.15) is 0 Å². The number of hydrogen-bond acceptors (Lipinski definition) is 1. The summed E-state index contributed by atoms with van der Waals surface area (Å²) >= 11 is 6.16. The third kappa shape index (κ3) is 1.72. The fraction of sp³-hybridized carbons (Fsp3) is 0.385. The van der Waals surface area contributed by atoms with Gasteiger partial charge < -0.3 is 9.67 Å². The van der Waals surface area contributed by atoms with Crippen LogP contribution in [0.4, 0.5) is 0 Å². The van der Waals surface area contributed by atoms with Gasteiger partial charge in [-0.25, -0.2) is 0 Å². The van der Waals surface area contributed by atoms with Crippen molar-refractivity contribution < 1.29 is 5.11 Å². The number of halogens is 1. The lowest BCUT2D eigenvalue weighted by Gasteiger charge is -2.22. The fourth-order valence-corrected chi connectivity index (χ4v) is 2.15. The highest BCUT2D eigenvalue weighted by atomic mass is 35.5. The van der Waals surface area contributed by atoms with Gasteiger partial charge in [0.25, 0.3) is 0 Å². The average Bonchev–Trinajstić information content (AvgIpc) is 2.54. The molecule has 0 saturated carbocycles. The second kappa shape index (κ2) is 3.79. The van der Waals surface area contributed by atoms with Crippen molar-refractivity contribution in [2.45, 2.75) is 19.3 Å². The smallest absolute Gasteiger partial charge is 0.0661 e. The second-order valence-corrected chi connectivity index (χ2v) is 5.27. The number of nitrogens with zero attached hydrogens (tertiary/aromatic N) is 1. The molecule has 0 radical (unpaired) electrons. The number of benzene rings is 1. The predicted octanol–water partition coefficient (Wildman–Crippen LogP) is 3.10. The Hall–Kier alpha value is -0.990. The second-order valence-electron chi connectivity index (χ2n) is 4.86. The van der Waals surface area contributed by atoms with E-state index >= 15 is 0 Å². The Bertz CT molecular complexity index is 528. The van der Waals surface area contributed by atoms with Crippen LogP contribution in [-0.2, 0) is 12.5 Å². The van der Waals surface area contributed by atoms with E-state index in [9.17, 15) is 5.11 Å². The Morgan fingerprint density at radius 1 is 1.38 bits per heavy atom. The molecule has 2 aromatic rings. The molecule has 0 atom stereocenters. The number of aliphatic hydroxyl groups is 1. The van der Waals surface area contributed by atoms with Crippen molar-refractivity contribution in [3.63, 3.8) is 0 Å². The molecule has 1 N–H and O–H groups in total. The van der Waals surface area contributed by atoms with Crippen molar-refractivity contribution in [2.75, 3.05) is 6.61 Å². The summed E-state index contributed by atoms with van der Waals surface area (Å²) in [4.78, 5) is 0. The van der Waals surface area contributed by atoms with Crippen LogP contribution in [0.15, 0.2) is 24.4 Å². The minimum absolute atomic E-state index is 0.128. The highest BCUT2D eigenvalue weighted by Crippen LogP contribution is 2.30. The quantitative estimate of drug-likeness (QED) is 0.853. The Labute approximate surface area is 100 Å². The van der Waals surface area contributed by atoms with E-state index in [1.807, 2.05) is 37.7 Å². The van der Waals surface area contributed by atoms with E-state index in [1.165, 1.54) is 0 Å². The molecule has 0 saturated heterocycles. The van der Waals surface area contributed by atoms with Crippen LogP contribution in [0.2, 0.25) is 5.02 Å². The van der Waals surface area contributed by atoms with Crippen LogP contribution < -0.4 is 0 Å². The zero-order valence-corrected chi connectivity index (χ0v) is 10.5. The van der Waals surface area contributed by atoms with Crippen LogP contribution in [0.3, 0.4) is 0 Å². The van der Waals surface area contributed by atoms with Gasteiger partial charge in [-0.15, -0.1) is 0 Å². The first kappa shape index (κ1) is 11.5. The summed E-state index contributed by atoms with van der Waals surface area (Å²) in [5, 5.41) is 11.2. The lowest BCUT2D eigenvalue weighted by Crippen LogP contribution is -2.21. The third-order valence-corrected chi connectivity index (χ3v) is 3.42. The van der Waals surface area contributed by atoms with Gasteiger partial charge in [0.1, 0.15) is 0 Å². The van der Waals surface area contributed by atoms with Crippen molar-refractivity contribution in [2.24, 2.45) is 7.05 Å². The number of aryl methyl sites for hydroxylation is 1. The van der Waals surface area contributed by atoms with Gasteiger partial charge in [-0.05, 0) is 17.7 Å². The first-order valence-electron chi connectivity index (χ1n) is 5.31. The molecule has 0 amide bonds. The van der Waals surface area contributed by atoms with Crippen LogP contribution in [0, 0.1) is 0 Å². The summed E-state index contributed by atoms with van der Waals surface area (Å²) in [5.74, 6) is 0. The van der Waals surface area contributed by atoms with Crippen LogP contribution >= 0.6 is 11.6 Å². The maximum atomic E-state index is 9.36. The van der Waals surface area contributed by atoms with E-state index in [1.54, 1.807) is 0 Å². The number of rotatable bonds is 2. The van der Waals surface area contributed by atoms with E-state index < -0.39 is 0 Å². The van der Waals surface area contributed by atoms with Crippen molar-refractivity contribution in [1.29, 1.82) is 0 Å². The van der Waals surface area contributed by atoms with E-state index in [4.69, 9.17) is 11.6 Å². The maximum Gasteiger partial charge on any atom is 0.0661 e. The van der Waals surface area contributed by atoms with Crippen LogP contribution in [0.25, 0.3) is 10.9 Å². The molecule has 3 heteroatoms. The van der Waals surface area contributed by atoms with Gasteiger partial charge in [-0.1, -0.05) is 31.5 Å². The third-order valence-electron chi connectivity index (χ3n) is 3.12. The molecular formula is C13H16ClNO. The van der Waals surface area contributed by atoms with Gasteiger partial charge in [0, 0.05) is 29.6 Å². The van der Waals surface area contributed by atoms with Crippen LogP contribution in [-0.4, -0.2) is 16.3 Å². The maximum absolute atomic E-state index is 9.36. The van der Waals surface area contributed by atoms with E-state index in [0.29, 0.717) is 0 Å². The Morgan fingerprint density at radius 2 is 2.06 bits per heavy atom. The fourth-order valence-electron chi connectivity index (χ4n) is 1.86. The minimum Gasteiger partial charge on any atom is -0.395 e. The molecule has 0 unspecified atom stereocenters. The molecule has 1 aromatic heterocycles. The Morgan fingerprint density at radius 3 is 2.69 bits per heavy atom. The number of aliphatic hydroxyl groups excluding tert-OH is 1. The van der Waals surface area contributed by atoms with Crippen molar-refractivity contribution >= 4 is 22.5 Å². The average molecular weight is 238 g/mol. The zero-order valence-electron chi connectivity index (χ0n) is 9.79. The normalized spacial score (nSPS) is 12.3. The molecule has 2 rings (SSSR count). The minimum atomic E-state index is -0.229. The van der Waals surface area contributed by atoms with Gasteiger partial charge in [0.05, 0.1) is 11.6 Å². The van der Waals surface area contributed by atoms with E-state index in [0.717, 1.165) is 21.5 Å². The molecule has 0 spiro atoms. The zero-order chi connectivity index (χ0) is 11.9. The first-order valence-corrected chi connectivity index (χ1v) is 5.69. The molecule has 86 valence electrons. The van der Waals surface area contributed by atoms with Gasteiger partial charge in [-0.3, -0.25) is 0 Å². The topological polar surface area (TPSA) is 25.2 Å². The SMILES string of the molecule is Cn1cc(Cl)c2cc(C(C)(C)CO)ccc21. The van der Waals surface area contributed by atoms with Gasteiger partial charge in [0.15, 0.2) is 0 Å². The molecule has 2 nitrogen and oxygen atoms in total. The summed E-state index contributed by atoms with van der Waals surface area (Å²) < 4.78 is 2.01.